The molecule has 0 aliphatic carbocycles. The molecule has 2 aromatic rings. The maximum absolute atomic E-state index is 13.1. The lowest BCUT2D eigenvalue weighted by Crippen LogP contribution is -2.13. The van der Waals surface area contributed by atoms with Crippen molar-refractivity contribution in [1.82, 2.24) is 4.98 Å². The monoisotopic (exact) mass is 309 g/mol. The van der Waals surface area contributed by atoms with Crippen molar-refractivity contribution in [3.8, 4) is 11.3 Å². The molecule has 1 heterocycles. The number of hydrogen-bond acceptors (Lipinski definition) is 1. The Morgan fingerprint density at radius 3 is 1.95 bits per heavy atom. The van der Waals surface area contributed by atoms with Crippen LogP contribution in [0, 0.1) is 5.82 Å². The highest BCUT2D eigenvalue weighted by molar-refractivity contribution is 5.64. The molecule has 0 saturated heterocycles. The fourth-order valence-corrected chi connectivity index (χ4v) is 1.74. The Morgan fingerprint density at radius 1 is 0.762 bits per heavy atom. The van der Waals surface area contributed by atoms with E-state index in [1.165, 1.54) is 6.07 Å². The average molecular weight is 309 g/mol. The molecule has 1 nitrogen and oxygen atoms in total. The minimum Gasteiger partial charge on any atom is -0.240 e. The molecule has 1 aromatic heterocycles. The Labute approximate surface area is 114 Å². The van der Waals surface area contributed by atoms with Crippen molar-refractivity contribution in [3.63, 3.8) is 0 Å². The zero-order chi connectivity index (χ0) is 15.8. The molecule has 21 heavy (non-hydrogen) atoms. The smallest absolute Gasteiger partial charge is 0.240 e. The van der Waals surface area contributed by atoms with Crippen LogP contribution in [0.1, 0.15) is 11.3 Å². The van der Waals surface area contributed by atoms with Gasteiger partial charge in [0.15, 0.2) is 11.5 Å². The summed E-state index contributed by atoms with van der Waals surface area (Å²) in [5, 5.41) is 0. The minimum atomic E-state index is -5.09. The van der Waals surface area contributed by atoms with Gasteiger partial charge in [0.05, 0.1) is 11.3 Å². The van der Waals surface area contributed by atoms with Gasteiger partial charge in [0.25, 0.3) is 0 Å². The number of hydrogen-bond donors (Lipinski definition) is 0. The second-order valence-corrected chi connectivity index (χ2v) is 4.07. The summed E-state index contributed by atoms with van der Waals surface area (Å²) in [7, 11) is 0. The Balaban J connectivity index is 2.64. The summed E-state index contributed by atoms with van der Waals surface area (Å²) in [5.74, 6) is -1.64. The van der Waals surface area contributed by atoms with Crippen LogP contribution in [0.5, 0.6) is 0 Å². The highest BCUT2D eigenvalue weighted by atomic mass is 19.4. The van der Waals surface area contributed by atoms with Crippen molar-refractivity contribution in [2.24, 2.45) is 0 Å². The van der Waals surface area contributed by atoms with Crippen LogP contribution in [0.15, 0.2) is 36.4 Å². The van der Waals surface area contributed by atoms with Gasteiger partial charge in [-0.15, -0.1) is 0 Å². The molecule has 0 N–H and O–H groups in total. The largest absolute Gasteiger partial charge is 0.436 e. The predicted molar refractivity (Wildman–Crippen MR) is 59.6 cm³/mol. The van der Waals surface area contributed by atoms with E-state index >= 15 is 0 Å². The standard InChI is InChI=1S/C13H6F7N/c14-9-5-6-10(21-11(9)13(18,19)20)7-3-1-2-4-8(7)12(15,16)17/h1-6H. The van der Waals surface area contributed by atoms with Gasteiger partial charge in [-0.1, -0.05) is 18.2 Å². The predicted octanol–water partition coefficient (Wildman–Crippen LogP) is 4.93. The Bertz CT molecular complexity index is 658. The van der Waals surface area contributed by atoms with E-state index in [9.17, 15) is 30.7 Å². The van der Waals surface area contributed by atoms with Gasteiger partial charge in [-0.05, 0) is 18.2 Å². The van der Waals surface area contributed by atoms with E-state index in [1.807, 2.05) is 0 Å². The SMILES string of the molecule is Fc1ccc(-c2ccccc2C(F)(F)F)nc1C(F)(F)F. The van der Waals surface area contributed by atoms with Crippen LogP contribution in [0.4, 0.5) is 30.7 Å². The summed E-state index contributed by atoms with van der Waals surface area (Å²) < 4.78 is 89.2. The number of aromatic nitrogens is 1. The van der Waals surface area contributed by atoms with Gasteiger partial charge in [-0.3, -0.25) is 0 Å². The van der Waals surface area contributed by atoms with Crippen molar-refractivity contribution < 1.29 is 30.7 Å². The van der Waals surface area contributed by atoms with Crippen LogP contribution in [-0.2, 0) is 12.4 Å². The lowest BCUT2D eigenvalue weighted by molar-refractivity contribution is -0.143. The van der Waals surface area contributed by atoms with Gasteiger partial charge in [-0.2, -0.15) is 26.3 Å². The summed E-state index contributed by atoms with van der Waals surface area (Å²) in [4.78, 5) is 2.99. The number of alkyl halides is 6. The molecule has 8 heteroatoms. The fraction of sp³-hybridized carbons (Fsp3) is 0.154. The number of benzene rings is 1. The molecule has 0 atom stereocenters. The first-order chi connectivity index (χ1) is 9.60. The third-order valence-electron chi connectivity index (χ3n) is 2.62. The van der Waals surface area contributed by atoms with Gasteiger partial charge in [0.1, 0.15) is 0 Å². The molecule has 0 spiro atoms. The zero-order valence-electron chi connectivity index (χ0n) is 10.1. The van der Waals surface area contributed by atoms with E-state index in [1.54, 1.807) is 0 Å². The van der Waals surface area contributed by atoms with Crippen LogP contribution in [-0.4, -0.2) is 4.98 Å². The van der Waals surface area contributed by atoms with Gasteiger partial charge < -0.3 is 0 Å². The molecule has 2 rings (SSSR count). The number of halogens is 7. The van der Waals surface area contributed by atoms with Crippen LogP contribution in [0.2, 0.25) is 0 Å². The van der Waals surface area contributed by atoms with Gasteiger partial charge in [0.2, 0.25) is 0 Å². The summed E-state index contributed by atoms with van der Waals surface area (Å²) in [5.41, 5.74) is -4.14. The Morgan fingerprint density at radius 2 is 1.38 bits per heavy atom. The summed E-state index contributed by atoms with van der Waals surface area (Å²) in [6.45, 7) is 0. The highest BCUT2D eigenvalue weighted by Gasteiger charge is 2.38. The topological polar surface area (TPSA) is 12.9 Å². The normalized spacial score (nSPS) is 12.5. The fourth-order valence-electron chi connectivity index (χ4n) is 1.74. The van der Waals surface area contributed by atoms with Crippen molar-refractivity contribution in [1.29, 1.82) is 0 Å². The molecule has 0 unspecified atom stereocenters. The van der Waals surface area contributed by atoms with Crippen molar-refractivity contribution >= 4 is 0 Å². The Kier molecular flexibility index (Phi) is 3.65. The van der Waals surface area contributed by atoms with E-state index in [4.69, 9.17) is 0 Å². The van der Waals surface area contributed by atoms with E-state index in [2.05, 4.69) is 4.98 Å². The molecule has 0 aliphatic heterocycles. The van der Waals surface area contributed by atoms with E-state index in [0.717, 1.165) is 18.2 Å². The number of nitrogens with zero attached hydrogens (tertiary/aromatic N) is 1. The van der Waals surface area contributed by atoms with E-state index in [-0.39, 0.29) is 0 Å². The maximum Gasteiger partial charge on any atom is 0.436 e. The third kappa shape index (κ3) is 3.14. The molecule has 0 amide bonds. The highest BCUT2D eigenvalue weighted by Crippen LogP contribution is 2.37. The van der Waals surface area contributed by atoms with Crippen LogP contribution >= 0.6 is 0 Å². The molecular weight excluding hydrogens is 303 g/mol. The second-order valence-electron chi connectivity index (χ2n) is 4.07. The van der Waals surface area contributed by atoms with Crippen LogP contribution < -0.4 is 0 Å². The van der Waals surface area contributed by atoms with Crippen molar-refractivity contribution in [3.05, 3.63) is 53.5 Å². The van der Waals surface area contributed by atoms with Gasteiger partial charge in [0, 0.05) is 5.56 Å². The van der Waals surface area contributed by atoms with E-state index in [0.29, 0.717) is 12.1 Å². The quantitative estimate of drug-likeness (QED) is 0.681. The molecule has 0 aliphatic rings. The maximum atomic E-state index is 13.1. The lowest BCUT2D eigenvalue weighted by atomic mass is 10.0. The molecule has 0 saturated carbocycles. The second kappa shape index (κ2) is 5.01. The van der Waals surface area contributed by atoms with Gasteiger partial charge >= 0.3 is 12.4 Å². The lowest BCUT2D eigenvalue weighted by Gasteiger charge is -2.14. The first kappa shape index (κ1) is 15.3. The molecule has 1 aromatic carbocycles. The molecule has 0 radical (unpaired) electrons. The summed E-state index contributed by atoms with van der Waals surface area (Å²) in [6, 6.07) is 5.23. The Hall–Kier alpha value is -2.12. The molecule has 0 fully saturated rings. The molecular formula is C13H6F7N. The van der Waals surface area contributed by atoms with Crippen molar-refractivity contribution in [2.45, 2.75) is 12.4 Å². The first-order valence-electron chi connectivity index (χ1n) is 5.51. The summed E-state index contributed by atoms with van der Waals surface area (Å²) >= 11 is 0. The van der Waals surface area contributed by atoms with Crippen LogP contribution in [0.25, 0.3) is 11.3 Å². The van der Waals surface area contributed by atoms with E-state index < -0.39 is 40.7 Å². The zero-order valence-corrected chi connectivity index (χ0v) is 10.1. The average Bonchev–Trinajstić information content (AvgIpc) is 2.37. The molecule has 112 valence electrons. The number of pyridine rings is 1. The number of rotatable bonds is 1. The van der Waals surface area contributed by atoms with Gasteiger partial charge in [-0.25, -0.2) is 9.37 Å². The third-order valence-corrected chi connectivity index (χ3v) is 2.62. The first-order valence-corrected chi connectivity index (χ1v) is 5.51. The molecule has 0 bridgehead atoms. The van der Waals surface area contributed by atoms with Crippen molar-refractivity contribution in [2.75, 3.05) is 0 Å². The summed E-state index contributed by atoms with van der Waals surface area (Å²) in [6.07, 6.45) is -9.85. The minimum absolute atomic E-state index is 0.443. The van der Waals surface area contributed by atoms with Crippen LogP contribution in [0.3, 0.4) is 0 Å².